The maximum absolute atomic E-state index is 12.8. The molecular formula is C20H26N2O2. The first-order chi connectivity index (χ1) is 11.7. The second kappa shape index (κ2) is 6.58. The van der Waals surface area contributed by atoms with Crippen molar-refractivity contribution in [2.45, 2.75) is 51.6 Å². The summed E-state index contributed by atoms with van der Waals surface area (Å²) in [5.41, 5.74) is 2.55. The third-order valence-electron chi connectivity index (χ3n) is 6.01. The maximum atomic E-state index is 12.8. The molecule has 1 saturated carbocycles. The van der Waals surface area contributed by atoms with Gasteiger partial charge in [0, 0.05) is 38.0 Å². The fraction of sp³-hybridized carbons (Fsp3) is 0.600. The van der Waals surface area contributed by atoms with Gasteiger partial charge in [0.2, 0.25) is 11.8 Å². The number of fused-ring (bicyclic) bond motifs is 1. The van der Waals surface area contributed by atoms with Gasteiger partial charge < -0.3 is 9.80 Å². The number of amides is 2. The molecular weight excluding hydrogens is 300 g/mol. The molecule has 0 unspecified atom stereocenters. The Morgan fingerprint density at radius 1 is 0.750 bits per heavy atom. The van der Waals surface area contributed by atoms with Gasteiger partial charge in [0.15, 0.2) is 0 Å². The summed E-state index contributed by atoms with van der Waals surface area (Å²) in [7, 11) is 0. The summed E-state index contributed by atoms with van der Waals surface area (Å²) < 4.78 is 0. The van der Waals surface area contributed by atoms with E-state index in [0.29, 0.717) is 5.91 Å². The first-order valence-electron chi connectivity index (χ1n) is 9.37. The number of benzene rings is 1. The minimum atomic E-state index is 0.0898. The zero-order chi connectivity index (χ0) is 16.5. The van der Waals surface area contributed by atoms with Crippen LogP contribution in [0.1, 0.15) is 49.7 Å². The Kier molecular flexibility index (Phi) is 4.30. The minimum Gasteiger partial charge on any atom is -0.342 e. The number of nitrogens with zero attached hydrogens (tertiary/aromatic N) is 2. The predicted octanol–water partition coefficient (Wildman–Crippen LogP) is 2.96. The predicted molar refractivity (Wildman–Crippen MR) is 92.0 cm³/mol. The van der Waals surface area contributed by atoms with E-state index in [0.717, 1.165) is 51.9 Å². The van der Waals surface area contributed by atoms with E-state index >= 15 is 0 Å². The van der Waals surface area contributed by atoms with Gasteiger partial charge in [-0.1, -0.05) is 37.1 Å². The lowest BCUT2D eigenvalue weighted by Gasteiger charge is -2.34. The molecule has 4 rings (SSSR count). The van der Waals surface area contributed by atoms with Crippen molar-refractivity contribution in [3.63, 3.8) is 0 Å². The van der Waals surface area contributed by atoms with Gasteiger partial charge in [-0.15, -0.1) is 0 Å². The molecule has 1 saturated heterocycles. The van der Waals surface area contributed by atoms with Crippen LogP contribution >= 0.6 is 0 Å². The molecule has 0 bridgehead atoms. The van der Waals surface area contributed by atoms with Crippen LogP contribution < -0.4 is 0 Å². The van der Waals surface area contributed by atoms with Crippen molar-refractivity contribution in [2.24, 2.45) is 11.8 Å². The largest absolute Gasteiger partial charge is 0.342 e. The third kappa shape index (κ3) is 2.94. The van der Waals surface area contributed by atoms with Gasteiger partial charge in [-0.05, 0) is 36.8 Å². The van der Waals surface area contributed by atoms with Gasteiger partial charge in [0.05, 0.1) is 0 Å². The zero-order valence-electron chi connectivity index (χ0n) is 14.2. The normalized spacial score (nSPS) is 22.0. The molecule has 1 aromatic rings. The molecule has 2 aliphatic heterocycles. The highest BCUT2D eigenvalue weighted by atomic mass is 16.2. The Bertz CT molecular complexity index is 603. The number of hydrogen-bond acceptors (Lipinski definition) is 2. The highest BCUT2D eigenvalue weighted by molar-refractivity contribution is 5.81. The highest BCUT2D eigenvalue weighted by Gasteiger charge is 2.34. The molecule has 24 heavy (non-hydrogen) atoms. The monoisotopic (exact) mass is 326 g/mol. The van der Waals surface area contributed by atoms with Crippen LogP contribution in [-0.4, -0.2) is 34.7 Å². The molecule has 2 heterocycles. The zero-order valence-corrected chi connectivity index (χ0v) is 14.2. The summed E-state index contributed by atoms with van der Waals surface area (Å²) in [4.78, 5) is 29.3. The average molecular weight is 326 g/mol. The van der Waals surface area contributed by atoms with Crippen molar-refractivity contribution in [1.82, 2.24) is 9.80 Å². The quantitative estimate of drug-likeness (QED) is 0.838. The van der Waals surface area contributed by atoms with Crippen molar-refractivity contribution in [3.8, 4) is 0 Å². The Morgan fingerprint density at radius 3 is 1.83 bits per heavy atom. The van der Waals surface area contributed by atoms with Crippen molar-refractivity contribution in [2.75, 3.05) is 13.1 Å². The van der Waals surface area contributed by atoms with Crippen LogP contribution in [0.4, 0.5) is 0 Å². The fourth-order valence-electron chi connectivity index (χ4n) is 4.52. The lowest BCUT2D eigenvalue weighted by atomic mass is 9.94. The van der Waals surface area contributed by atoms with Crippen LogP contribution in [-0.2, 0) is 22.7 Å². The van der Waals surface area contributed by atoms with Crippen LogP contribution in [0, 0.1) is 11.8 Å². The van der Waals surface area contributed by atoms with Crippen LogP contribution in [0.5, 0.6) is 0 Å². The second-order valence-corrected chi connectivity index (χ2v) is 7.54. The molecule has 2 amide bonds. The summed E-state index contributed by atoms with van der Waals surface area (Å²) in [5, 5.41) is 0. The molecule has 4 heteroatoms. The molecule has 1 aromatic carbocycles. The van der Waals surface area contributed by atoms with E-state index in [9.17, 15) is 9.59 Å². The topological polar surface area (TPSA) is 40.6 Å². The number of rotatable bonds is 2. The maximum Gasteiger partial charge on any atom is 0.226 e. The van der Waals surface area contributed by atoms with E-state index in [1.54, 1.807) is 0 Å². The molecule has 1 aliphatic carbocycles. The van der Waals surface area contributed by atoms with Gasteiger partial charge in [-0.25, -0.2) is 0 Å². The molecule has 2 fully saturated rings. The smallest absolute Gasteiger partial charge is 0.226 e. The Hall–Kier alpha value is -1.84. The Labute approximate surface area is 143 Å². The van der Waals surface area contributed by atoms with Crippen molar-refractivity contribution >= 4 is 11.8 Å². The number of carbonyl (C=O) groups excluding carboxylic acids is 2. The van der Waals surface area contributed by atoms with E-state index in [2.05, 4.69) is 12.1 Å². The van der Waals surface area contributed by atoms with E-state index in [1.807, 2.05) is 21.9 Å². The van der Waals surface area contributed by atoms with E-state index < -0.39 is 0 Å². The summed E-state index contributed by atoms with van der Waals surface area (Å²) >= 11 is 0. The first-order valence-corrected chi connectivity index (χ1v) is 9.37. The molecule has 0 spiro atoms. The molecule has 4 nitrogen and oxygen atoms in total. The van der Waals surface area contributed by atoms with Crippen molar-refractivity contribution < 1.29 is 9.59 Å². The number of likely N-dealkylation sites (tertiary alicyclic amines) is 1. The SMILES string of the molecule is O=C(C1CCCC1)N1CCC(C(=O)N2Cc3ccccc3C2)CC1. The minimum absolute atomic E-state index is 0.0898. The first kappa shape index (κ1) is 15.7. The number of piperidine rings is 1. The van der Waals surface area contributed by atoms with Crippen LogP contribution in [0.3, 0.4) is 0 Å². The third-order valence-corrected chi connectivity index (χ3v) is 6.01. The summed E-state index contributed by atoms with van der Waals surface area (Å²) in [5.74, 6) is 0.961. The van der Waals surface area contributed by atoms with Crippen molar-refractivity contribution in [1.29, 1.82) is 0 Å². The second-order valence-electron chi connectivity index (χ2n) is 7.54. The lowest BCUT2D eigenvalue weighted by molar-refractivity contribution is -0.142. The standard InChI is InChI=1S/C20H26N2O2/c23-19(15-5-1-2-6-15)21-11-9-16(10-12-21)20(24)22-13-17-7-3-4-8-18(17)14-22/h3-4,7-8,15-16H,1-2,5-6,9-14H2. The van der Waals surface area contributed by atoms with Gasteiger partial charge in [0.25, 0.3) is 0 Å². The molecule has 0 N–H and O–H groups in total. The number of carbonyl (C=O) groups is 2. The van der Waals surface area contributed by atoms with E-state index in [1.165, 1.54) is 24.0 Å². The molecule has 3 aliphatic rings. The van der Waals surface area contributed by atoms with Crippen LogP contribution in [0.25, 0.3) is 0 Å². The molecule has 0 radical (unpaired) electrons. The van der Waals surface area contributed by atoms with Crippen LogP contribution in [0.15, 0.2) is 24.3 Å². The Balaban J connectivity index is 1.31. The summed E-state index contributed by atoms with van der Waals surface area (Å²) in [6.45, 7) is 3.01. The van der Waals surface area contributed by atoms with Crippen LogP contribution in [0.2, 0.25) is 0 Å². The van der Waals surface area contributed by atoms with E-state index in [4.69, 9.17) is 0 Å². The van der Waals surface area contributed by atoms with Gasteiger partial charge in [-0.2, -0.15) is 0 Å². The summed E-state index contributed by atoms with van der Waals surface area (Å²) in [6, 6.07) is 8.32. The van der Waals surface area contributed by atoms with Gasteiger partial charge >= 0.3 is 0 Å². The molecule has 128 valence electrons. The fourth-order valence-corrected chi connectivity index (χ4v) is 4.52. The lowest BCUT2D eigenvalue weighted by Crippen LogP contribution is -2.44. The summed E-state index contributed by atoms with van der Waals surface area (Å²) in [6.07, 6.45) is 6.16. The van der Waals surface area contributed by atoms with Gasteiger partial charge in [0.1, 0.15) is 0 Å². The molecule has 0 atom stereocenters. The average Bonchev–Trinajstić information content (AvgIpc) is 3.30. The number of hydrogen-bond donors (Lipinski definition) is 0. The highest BCUT2D eigenvalue weighted by Crippen LogP contribution is 2.30. The molecule has 0 aromatic heterocycles. The van der Waals surface area contributed by atoms with Gasteiger partial charge in [-0.3, -0.25) is 9.59 Å². The Morgan fingerprint density at radius 2 is 1.25 bits per heavy atom. The van der Waals surface area contributed by atoms with Crippen molar-refractivity contribution in [3.05, 3.63) is 35.4 Å². The van der Waals surface area contributed by atoms with E-state index in [-0.39, 0.29) is 17.7 Å².